The average molecular weight is 187 g/mol. The molecule has 0 saturated carbocycles. The van der Waals surface area contributed by atoms with Crippen LogP contribution in [0.1, 0.15) is 39.5 Å². The molecule has 4 rings (SSSR count). The molecule has 0 aromatic heterocycles. The minimum atomic E-state index is 0.611. The first kappa shape index (κ1) is 8.34. The summed E-state index contributed by atoms with van der Waals surface area (Å²) in [6, 6.07) is 0.611. The summed E-state index contributed by atoms with van der Waals surface area (Å²) in [5, 5.41) is 0. The Morgan fingerprint density at radius 1 is 1.21 bits per heavy atom. The van der Waals surface area contributed by atoms with Crippen LogP contribution in [0.4, 0.5) is 0 Å². The SMILES string of the molecule is CC(C)N1C2=CC(=C2)CC2=C1CCC2. The molecule has 0 N–H and O–H groups in total. The van der Waals surface area contributed by atoms with Crippen molar-refractivity contribution in [1.82, 2.24) is 4.90 Å². The molecule has 2 bridgehead atoms. The summed E-state index contributed by atoms with van der Waals surface area (Å²) in [6.45, 7) is 4.59. The second kappa shape index (κ2) is 2.75. The minimum Gasteiger partial charge on any atom is -0.343 e. The maximum atomic E-state index is 2.54. The Morgan fingerprint density at radius 3 is 2.71 bits per heavy atom. The summed E-state index contributed by atoms with van der Waals surface area (Å²) in [6.07, 6.45) is 9.94. The second-order valence-electron chi connectivity index (χ2n) is 4.83. The maximum Gasteiger partial charge on any atom is 0.0416 e. The molecule has 74 valence electrons. The van der Waals surface area contributed by atoms with Crippen LogP contribution in [0.3, 0.4) is 0 Å². The molecule has 4 aliphatic rings. The van der Waals surface area contributed by atoms with Gasteiger partial charge in [-0.2, -0.15) is 0 Å². The molecule has 1 nitrogen and oxygen atoms in total. The van der Waals surface area contributed by atoms with Crippen molar-refractivity contribution in [1.29, 1.82) is 0 Å². The Balaban J connectivity index is 2.02. The van der Waals surface area contributed by atoms with Gasteiger partial charge in [0.2, 0.25) is 0 Å². The summed E-state index contributed by atoms with van der Waals surface area (Å²) in [5.74, 6) is 0. The van der Waals surface area contributed by atoms with Gasteiger partial charge < -0.3 is 4.90 Å². The zero-order chi connectivity index (χ0) is 9.71. The first-order chi connectivity index (χ1) is 6.75. The molecular weight excluding hydrogens is 170 g/mol. The molecule has 1 heteroatoms. The first-order valence-corrected chi connectivity index (χ1v) is 5.68. The summed E-state index contributed by atoms with van der Waals surface area (Å²) in [7, 11) is 0. The third kappa shape index (κ3) is 1.01. The van der Waals surface area contributed by atoms with Crippen molar-refractivity contribution in [3.05, 3.63) is 34.7 Å². The van der Waals surface area contributed by atoms with E-state index < -0.39 is 0 Å². The lowest BCUT2D eigenvalue weighted by Crippen LogP contribution is -2.29. The normalized spacial score (nSPS) is 24.4. The van der Waals surface area contributed by atoms with Gasteiger partial charge in [-0.1, -0.05) is 0 Å². The van der Waals surface area contributed by atoms with Crippen molar-refractivity contribution in [3.63, 3.8) is 0 Å². The summed E-state index contributed by atoms with van der Waals surface area (Å²) >= 11 is 0. The summed E-state index contributed by atoms with van der Waals surface area (Å²) in [4.78, 5) is 2.54. The molecule has 0 saturated heterocycles. The third-order valence-corrected chi connectivity index (χ3v) is 3.47. The van der Waals surface area contributed by atoms with E-state index in [4.69, 9.17) is 0 Å². The topological polar surface area (TPSA) is 3.24 Å². The fourth-order valence-corrected chi connectivity index (χ4v) is 2.89. The predicted octanol–water partition coefficient (Wildman–Crippen LogP) is 3.36. The van der Waals surface area contributed by atoms with Crippen molar-refractivity contribution in [2.75, 3.05) is 0 Å². The molecule has 0 fully saturated rings. The molecule has 2 aliphatic heterocycles. The zero-order valence-corrected chi connectivity index (χ0v) is 9.01. The molecule has 0 radical (unpaired) electrons. The summed E-state index contributed by atoms with van der Waals surface area (Å²) < 4.78 is 0. The van der Waals surface area contributed by atoms with E-state index in [0.29, 0.717) is 6.04 Å². The average Bonchev–Trinajstić information content (AvgIpc) is 2.38. The van der Waals surface area contributed by atoms with Crippen LogP contribution < -0.4 is 0 Å². The number of hydrogen-bond donors (Lipinski definition) is 0. The Kier molecular flexibility index (Phi) is 1.64. The number of hydrogen-bond acceptors (Lipinski definition) is 1. The van der Waals surface area contributed by atoms with Gasteiger partial charge in [0.05, 0.1) is 0 Å². The Labute approximate surface area is 85.8 Å². The van der Waals surface area contributed by atoms with E-state index >= 15 is 0 Å². The number of rotatable bonds is 1. The summed E-state index contributed by atoms with van der Waals surface area (Å²) in [5.41, 5.74) is 6.32. The largest absolute Gasteiger partial charge is 0.343 e. The van der Waals surface area contributed by atoms with Crippen LogP contribution in [-0.2, 0) is 0 Å². The lowest BCUT2D eigenvalue weighted by atomic mass is 9.98. The van der Waals surface area contributed by atoms with E-state index in [0.717, 1.165) is 0 Å². The van der Waals surface area contributed by atoms with Crippen molar-refractivity contribution >= 4 is 0 Å². The zero-order valence-electron chi connectivity index (χ0n) is 9.01. The lowest BCUT2D eigenvalue weighted by Gasteiger charge is -2.33. The van der Waals surface area contributed by atoms with E-state index in [-0.39, 0.29) is 0 Å². The van der Waals surface area contributed by atoms with Gasteiger partial charge in [-0.3, -0.25) is 0 Å². The molecule has 0 unspecified atom stereocenters. The van der Waals surface area contributed by atoms with Gasteiger partial charge in [-0.25, -0.2) is 0 Å². The van der Waals surface area contributed by atoms with Crippen LogP contribution in [0.15, 0.2) is 34.7 Å². The molecule has 14 heavy (non-hydrogen) atoms. The molecular formula is C13H17N. The van der Waals surface area contributed by atoms with Gasteiger partial charge >= 0.3 is 0 Å². The van der Waals surface area contributed by atoms with E-state index in [2.05, 4.69) is 30.9 Å². The van der Waals surface area contributed by atoms with E-state index in [1.165, 1.54) is 37.0 Å². The minimum absolute atomic E-state index is 0.611. The van der Waals surface area contributed by atoms with Crippen LogP contribution in [-0.4, -0.2) is 10.9 Å². The van der Waals surface area contributed by atoms with Crippen LogP contribution in [0, 0.1) is 0 Å². The molecule has 0 spiro atoms. The smallest absolute Gasteiger partial charge is 0.0416 e. The third-order valence-electron chi connectivity index (χ3n) is 3.47. The van der Waals surface area contributed by atoms with Crippen LogP contribution in [0.2, 0.25) is 0 Å². The van der Waals surface area contributed by atoms with Gasteiger partial charge in [0, 0.05) is 17.4 Å². The van der Waals surface area contributed by atoms with E-state index in [1.54, 1.807) is 11.3 Å². The quantitative estimate of drug-likeness (QED) is 0.608. The molecule has 0 aromatic carbocycles. The van der Waals surface area contributed by atoms with Crippen molar-refractivity contribution in [2.24, 2.45) is 0 Å². The van der Waals surface area contributed by atoms with Crippen molar-refractivity contribution in [3.8, 4) is 0 Å². The highest BCUT2D eigenvalue weighted by atomic mass is 15.2. The highest BCUT2D eigenvalue weighted by Crippen LogP contribution is 2.43. The van der Waals surface area contributed by atoms with Gasteiger partial charge in [0.15, 0.2) is 0 Å². The first-order valence-electron chi connectivity index (χ1n) is 5.68. The second-order valence-corrected chi connectivity index (χ2v) is 4.83. The van der Waals surface area contributed by atoms with Crippen molar-refractivity contribution < 1.29 is 0 Å². The van der Waals surface area contributed by atoms with Crippen LogP contribution >= 0.6 is 0 Å². The fourth-order valence-electron chi connectivity index (χ4n) is 2.89. The lowest BCUT2D eigenvalue weighted by molar-refractivity contribution is 0.352. The van der Waals surface area contributed by atoms with Crippen LogP contribution in [0.25, 0.3) is 0 Å². The maximum absolute atomic E-state index is 2.54. The van der Waals surface area contributed by atoms with Gasteiger partial charge in [0.1, 0.15) is 0 Å². The number of nitrogens with zero attached hydrogens (tertiary/aromatic N) is 1. The Morgan fingerprint density at radius 2 is 2.00 bits per heavy atom. The highest BCUT2D eigenvalue weighted by Gasteiger charge is 2.30. The monoisotopic (exact) mass is 187 g/mol. The van der Waals surface area contributed by atoms with Gasteiger partial charge in [-0.15, -0.1) is 0 Å². The predicted molar refractivity (Wildman–Crippen MR) is 58.6 cm³/mol. The standard InChI is InChI=1S/C13H17N/c1-9(2)14-12-7-10(8-12)6-11-4-3-5-13(11)14/h7-9H,3-6H2,1-2H3. The highest BCUT2D eigenvalue weighted by molar-refractivity contribution is 5.51. The Bertz CT molecular complexity index is 369. The van der Waals surface area contributed by atoms with Gasteiger partial charge in [0.25, 0.3) is 0 Å². The van der Waals surface area contributed by atoms with E-state index in [1.807, 2.05) is 0 Å². The van der Waals surface area contributed by atoms with Gasteiger partial charge in [-0.05, 0) is 62.8 Å². The number of allylic oxidation sites excluding steroid dienone is 5. The molecule has 0 aromatic rings. The fraction of sp³-hybridized carbons (Fsp3) is 0.538. The molecule has 0 amide bonds. The molecule has 2 aliphatic carbocycles. The van der Waals surface area contributed by atoms with E-state index in [9.17, 15) is 0 Å². The Hall–Kier alpha value is -0.980. The molecule has 2 heterocycles. The van der Waals surface area contributed by atoms with Crippen LogP contribution in [0.5, 0.6) is 0 Å². The molecule has 0 atom stereocenters. The van der Waals surface area contributed by atoms with Crippen molar-refractivity contribution in [2.45, 2.75) is 45.6 Å².